The summed E-state index contributed by atoms with van der Waals surface area (Å²) in [5.41, 5.74) is 3.26. The normalized spacial score (nSPS) is 16.8. The van der Waals surface area contributed by atoms with Crippen LogP contribution in [-0.4, -0.2) is 40.1 Å². The minimum Gasteiger partial charge on any atom is -0.443 e. The minimum absolute atomic E-state index is 0.306. The molecule has 1 unspecified atom stereocenters. The first-order valence-electron chi connectivity index (χ1n) is 11.7. The van der Waals surface area contributed by atoms with Crippen LogP contribution in [0.5, 0.6) is 0 Å². The fraction of sp³-hybridized carbons (Fsp3) is 0.321. The van der Waals surface area contributed by atoms with E-state index >= 15 is 0 Å². The second-order valence-electron chi connectivity index (χ2n) is 9.74. The smallest absolute Gasteiger partial charge is 0.419 e. The first-order valence-corrected chi connectivity index (χ1v) is 11.7. The Hall–Kier alpha value is -3.96. The summed E-state index contributed by atoms with van der Waals surface area (Å²) < 4.78 is 27.3. The predicted octanol–water partition coefficient (Wildman–Crippen LogP) is 6.05. The Bertz CT molecular complexity index is 1430. The van der Waals surface area contributed by atoms with E-state index in [1.807, 2.05) is 12.1 Å². The zero-order valence-corrected chi connectivity index (χ0v) is 21.1. The lowest BCUT2D eigenvalue weighted by Crippen LogP contribution is -2.34. The molecule has 8 heteroatoms. The Morgan fingerprint density at radius 2 is 2.03 bits per heavy atom. The van der Waals surface area contributed by atoms with Gasteiger partial charge in [-0.25, -0.2) is 13.8 Å². The van der Waals surface area contributed by atoms with Crippen molar-refractivity contribution in [2.75, 3.05) is 13.2 Å². The summed E-state index contributed by atoms with van der Waals surface area (Å²) in [5, 5.41) is 16.5. The van der Waals surface area contributed by atoms with Crippen LogP contribution in [0.25, 0.3) is 10.9 Å². The molecule has 1 aromatic heterocycles. The number of nitriles is 1. The number of benzene rings is 2. The molecule has 1 atom stereocenters. The van der Waals surface area contributed by atoms with Crippen LogP contribution in [0, 0.1) is 24.1 Å². The SMILES string of the molecule is C=C1C(c2cccc(F)c2C)OCCN1/N=C(\C)c1cc2cc(C#N)ccc2n1C(=O)OC(C)(C)C. The fourth-order valence-electron chi connectivity index (χ4n) is 4.21. The summed E-state index contributed by atoms with van der Waals surface area (Å²) in [7, 11) is 0. The highest BCUT2D eigenvalue weighted by atomic mass is 19.1. The average molecular weight is 489 g/mol. The summed E-state index contributed by atoms with van der Waals surface area (Å²) >= 11 is 0. The van der Waals surface area contributed by atoms with E-state index < -0.39 is 17.8 Å². The minimum atomic E-state index is -0.697. The number of carbonyl (C=O) groups is 1. The highest BCUT2D eigenvalue weighted by molar-refractivity contribution is 6.06. The van der Waals surface area contributed by atoms with E-state index in [-0.39, 0.29) is 5.82 Å². The van der Waals surface area contributed by atoms with E-state index in [2.05, 4.69) is 12.6 Å². The Labute approximate surface area is 210 Å². The lowest BCUT2D eigenvalue weighted by atomic mass is 10.00. The van der Waals surface area contributed by atoms with Gasteiger partial charge in [0.2, 0.25) is 0 Å². The number of carbonyl (C=O) groups excluding carboxylic acids is 1. The molecule has 186 valence electrons. The molecule has 36 heavy (non-hydrogen) atoms. The van der Waals surface area contributed by atoms with Gasteiger partial charge in [0.05, 0.1) is 47.4 Å². The van der Waals surface area contributed by atoms with Gasteiger partial charge in [0, 0.05) is 5.39 Å². The van der Waals surface area contributed by atoms with Crippen LogP contribution in [0.4, 0.5) is 9.18 Å². The quantitative estimate of drug-likeness (QED) is 0.419. The third-order valence-corrected chi connectivity index (χ3v) is 5.96. The van der Waals surface area contributed by atoms with Gasteiger partial charge < -0.3 is 9.47 Å². The van der Waals surface area contributed by atoms with E-state index in [0.717, 1.165) is 5.39 Å². The van der Waals surface area contributed by atoms with E-state index in [1.54, 1.807) is 63.9 Å². The van der Waals surface area contributed by atoms with Crippen molar-refractivity contribution in [1.29, 1.82) is 5.26 Å². The van der Waals surface area contributed by atoms with Crippen LogP contribution < -0.4 is 0 Å². The zero-order valence-electron chi connectivity index (χ0n) is 21.1. The maximum Gasteiger partial charge on any atom is 0.419 e. The van der Waals surface area contributed by atoms with E-state index in [0.29, 0.717) is 52.5 Å². The van der Waals surface area contributed by atoms with Gasteiger partial charge in [-0.1, -0.05) is 18.7 Å². The zero-order chi connectivity index (χ0) is 26.2. The molecule has 0 N–H and O–H groups in total. The number of halogens is 1. The molecule has 1 aliphatic heterocycles. The molecule has 1 fully saturated rings. The standard InChI is InChI=1S/C28H29FN4O3/c1-17-22(8-7-9-23(17)29)26-19(3)32(12-13-35-26)31-18(2)25-15-21-14-20(16-30)10-11-24(21)33(25)27(34)36-28(4,5)6/h7-11,14-15,26H,3,12-13H2,1-2,4-6H3/b31-18+. The molecule has 0 radical (unpaired) electrons. The Morgan fingerprint density at radius 1 is 1.28 bits per heavy atom. The number of hydrogen-bond acceptors (Lipinski definition) is 6. The van der Waals surface area contributed by atoms with Crippen LogP contribution in [0.2, 0.25) is 0 Å². The monoisotopic (exact) mass is 488 g/mol. The van der Waals surface area contributed by atoms with Crippen molar-refractivity contribution in [2.45, 2.75) is 46.3 Å². The highest BCUT2D eigenvalue weighted by Gasteiger charge is 2.29. The number of morpholine rings is 1. The molecule has 0 amide bonds. The average Bonchev–Trinajstić information content (AvgIpc) is 3.20. The first kappa shape index (κ1) is 25.1. The van der Waals surface area contributed by atoms with Crippen LogP contribution >= 0.6 is 0 Å². The molecule has 1 saturated heterocycles. The van der Waals surface area contributed by atoms with Crippen LogP contribution in [0.1, 0.15) is 56.2 Å². The molecule has 3 aromatic rings. The van der Waals surface area contributed by atoms with Crippen molar-refractivity contribution in [3.63, 3.8) is 0 Å². The number of hydrazone groups is 1. The largest absolute Gasteiger partial charge is 0.443 e. The maximum absolute atomic E-state index is 14.2. The van der Waals surface area contributed by atoms with Gasteiger partial charge in [-0.3, -0.25) is 5.01 Å². The predicted molar refractivity (Wildman–Crippen MR) is 136 cm³/mol. The highest BCUT2D eigenvalue weighted by Crippen LogP contribution is 2.34. The first-order chi connectivity index (χ1) is 17.0. The van der Waals surface area contributed by atoms with Crippen LogP contribution in [0.3, 0.4) is 0 Å². The third kappa shape index (κ3) is 4.88. The van der Waals surface area contributed by atoms with Crippen molar-refractivity contribution in [2.24, 2.45) is 5.10 Å². The number of ether oxygens (including phenoxy) is 2. The summed E-state index contributed by atoms with van der Waals surface area (Å²) in [5.74, 6) is -0.306. The second kappa shape index (κ2) is 9.59. The van der Waals surface area contributed by atoms with Gasteiger partial charge in [0.15, 0.2) is 0 Å². The number of fused-ring (bicyclic) bond motifs is 1. The lowest BCUT2D eigenvalue weighted by Gasteiger charge is -2.34. The van der Waals surface area contributed by atoms with Crippen molar-refractivity contribution < 1.29 is 18.7 Å². The van der Waals surface area contributed by atoms with Crippen molar-refractivity contribution in [1.82, 2.24) is 9.58 Å². The van der Waals surface area contributed by atoms with E-state index in [4.69, 9.17) is 14.6 Å². The second-order valence-corrected chi connectivity index (χ2v) is 9.74. The van der Waals surface area contributed by atoms with Gasteiger partial charge in [-0.15, -0.1) is 0 Å². The molecular formula is C28H29FN4O3. The summed E-state index contributed by atoms with van der Waals surface area (Å²) in [6.45, 7) is 13.9. The number of nitrogens with zero attached hydrogens (tertiary/aromatic N) is 4. The van der Waals surface area contributed by atoms with Gasteiger partial charge in [0.1, 0.15) is 17.5 Å². The molecule has 4 rings (SSSR count). The Balaban J connectivity index is 1.75. The van der Waals surface area contributed by atoms with Gasteiger partial charge in [-0.2, -0.15) is 10.4 Å². The summed E-state index contributed by atoms with van der Waals surface area (Å²) in [6.07, 6.45) is -1.08. The Kier molecular flexibility index (Phi) is 6.70. The molecule has 7 nitrogen and oxygen atoms in total. The topological polar surface area (TPSA) is 79.9 Å². The molecular weight excluding hydrogens is 459 g/mol. The van der Waals surface area contributed by atoms with Crippen molar-refractivity contribution in [3.8, 4) is 6.07 Å². The Morgan fingerprint density at radius 3 is 2.72 bits per heavy atom. The summed E-state index contributed by atoms with van der Waals surface area (Å²) in [4.78, 5) is 13.2. The summed E-state index contributed by atoms with van der Waals surface area (Å²) in [6, 6.07) is 13.9. The van der Waals surface area contributed by atoms with Gasteiger partial charge in [-0.05, 0) is 76.1 Å². The third-order valence-electron chi connectivity index (χ3n) is 5.96. The molecule has 0 saturated carbocycles. The number of hydrogen-bond donors (Lipinski definition) is 0. The van der Waals surface area contributed by atoms with Crippen molar-refractivity contribution >= 4 is 22.7 Å². The molecule has 0 aliphatic carbocycles. The van der Waals surface area contributed by atoms with E-state index in [1.165, 1.54) is 10.6 Å². The van der Waals surface area contributed by atoms with Gasteiger partial charge >= 0.3 is 6.09 Å². The maximum atomic E-state index is 14.2. The number of aromatic nitrogens is 1. The number of rotatable bonds is 3. The van der Waals surface area contributed by atoms with Gasteiger partial charge in [0.25, 0.3) is 0 Å². The van der Waals surface area contributed by atoms with Crippen molar-refractivity contribution in [3.05, 3.63) is 82.9 Å². The molecule has 0 bridgehead atoms. The van der Waals surface area contributed by atoms with Crippen LogP contribution in [-0.2, 0) is 9.47 Å². The lowest BCUT2D eigenvalue weighted by molar-refractivity contribution is 0.00718. The van der Waals surface area contributed by atoms with Crippen LogP contribution in [0.15, 0.2) is 59.8 Å². The van der Waals surface area contributed by atoms with E-state index in [9.17, 15) is 14.4 Å². The molecule has 2 aromatic carbocycles. The molecule has 0 spiro atoms. The molecule has 1 aliphatic rings. The fourth-order valence-corrected chi connectivity index (χ4v) is 4.21. The molecule has 2 heterocycles.